The molecule has 2 aliphatic rings. The van der Waals surface area contributed by atoms with E-state index >= 15 is 0 Å². The van der Waals surface area contributed by atoms with Crippen molar-refractivity contribution in [2.75, 3.05) is 7.05 Å². The van der Waals surface area contributed by atoms with E-state index in [1.807, 2.05) is 53.3 Å². The van der Waals surface area contributed by atoms with Gasteiger partial charge in [-0.25, -0.2) is 0 Å². The Morgan fingerprint density at radius 2 is 1.70 bits per heavy atom. The third kappa shape index (κ3) is 4.38. The number of amides is 1. The molecule has 0 spiro atoms. The third-order valence-electron chi connectivity index (χ3n) is 6.69. The Morgan fingerprint density at radius 1 is 0.970 bits per heavy atom. The van der Waals surface area contributed by atoms with Crippen LogP contribution >= 0.6 is 12.2 Å². The van der Waals surface area contributed by atoms with E-state index in [1.165, 1.54) is 30.0 Å². The minimum atomic E-state index is 0.0192. The minimum absolute atomic E-state index is 0.0192. The molecule has 0 radical (unpaired) electrons. The molecule has 0 bridgehead atoms. The van der Waals surface area contributed by atoms with Crippen LogP contribution < -0.4 is 4.74 Å². The molecule has 1 saturated carbocycles. The van der Waals surface area contributed by atoms with Gasteiger partial charge in [-0.2, -0.15) is 0 Å². The van der Waals surface area contributed by atoms with Crippen molar-refractivity contribution in [1.82, 2.24) is 9.80 Å². The van der Waals surface area contributed by atoms with E-state index in [4.69, 9.17) is 17.0 Å². The molecule has 1 saturated heterocycles. The summed E-state index contributed by atoms with van der Waals surface area (Å²) in [6.07, 6.45) is 7.58. The number of hydrogen-bond donors (Lipinski definition) is 0. The summed E-state index contributed by atoms with van der Waals surface area (Å²) in [5.41, 5.74) is 2.75. The zero-order chi connectivity index (χ0) is 22.8. The van der Waals surface area contributed by atoms with Crippen LogP contribution in [-0.4, -0.2) is 33.9 Å². The van der Waals surface area contributed by atoms with Crippen molar-refractivity contribution in [3.05, 3.63) is 83.6 Å². The number of hydrogen-bond acceptors (Lipinski definition) is 3. The highest BCUT2D eigenvalue weighted by Gasteiger charge is 2.40. The first kappa shape index (κ1) is 21.7. The Labute approximate surface area is 200 Å². The number of benzene rings is 3. The summed E-state index contributed by atoms with van der Waals surface area (Å²) in [5, 5.41) is 3.04. The SMILES string of the molecule is CN1C(=S)N(C2CCCCC2)C(=O)/C1=C/c1ccc(OCc2cccc3ccccc23)cc1. The topological polar surface area (TPSA) is 32.8 Å². The van der Waals surface area contributed by atoms with E-state index in [0.717, 1.165) is 29.7 Å². The predicted molar refractivity (Wildman–Crippen MR) is 137 cm³/mol. The molecule has 3 aromatic rings. The second-order valence-corrected chi connectivity index (χ2v) is 9.20. The number of likely N-dealkylation sites (N-methyl/N-ethyl adjacent to an activating group) is 1. The van der Waals surface area contributed by atoms with E-state index in [-0.39, 0.29) is 11.9 Å². The number of ether oxygens (including phenoxy) is 1. The van der Waals surface area contributed by atoms with Crippen molar-refractivity contribution >= 4 is 40.1 Å². The second-order valence-electron chi connectivity index (χ2n) is 8.83. The highest BCUT2D eigenvalue weighted by molar-refractivity contribution is 7.80. The molecule has 1 aliphatic heterocycles. The Hall–Kier alpha value is -3.18. The highest BCUT2D eigenvalue weighted by atomic mass is 32.1. The monoisotopic (exact) mass is 456 g/mol. The maximum Gasteiger partial charge on any atom is 0.277 e. The molecule has 1 heterocycles. The van der Waals surface area contributed by atoms with Gasteiger partial charge in [-0.3, -0.25) is 9.69 Å². The van der Waals surface area contributed by atoms with Crippen molar-refractivity contribution in [2.24, 2.45) is 0 Å². The smallest absolute Gasteiger partial charge is 0.277 e. The standard InChI is InChI=1S/C28H28N2O2S/c1-29-26(27(31)30(28(29)33)23-11-3-2-4-12-23)18-20-14-16-24(17-15-20)32-19-22-10-7-9-21-8-5-6-13-25(21)22/h5-10,13-18,23H,2-4,11-12,19H2,1H3/b26-18-. The molecular weight excluding hydrogens is 428 g/mol. The lowest BCUT2D eigenvalue weighted by Crippen LogP contribution is -2.41. The summed E-state index contributed by atoms with van der Waals surface area (Å²) in [4.78, 5) is 16.8. The first-order valence-corrected chi connectivity index (χ1v) is 12.0. The molecule has 3 aromatic carbocycles. The number of carbonyl (C=O) groups is 1. The van der Waals surface area contributed by atoms with Crippen LogP contribution in [-0.2, 0) is 11.4 Å². The van der Waals surface area contributed by atoms with Gasteiger partial charge in [0.25, 0.3) is 5.91 Å². The molecule has 0 N–H and O–H groups in total. The Kier molecular flexibility index (Phi) is 6.14. The zero-order valence-electron chi connectivity index (χ0n) is 18.9. The summed E-state index contributed by atoms with van der Waals surface area (Å²) in [5.74, 6) is 0.821. The number of fused-ring (bicyclic) bond motifs is 1. The molecular formula is C28H28N2O2S. The summed E-state index contributed by atoms with van der Waals surface area (Å²) < 4.78 is 6.05. The van der Waals surface area contributed by atoms with Gasteiger partial charge in [0, 0.05) is 13.1 Å². The van der Waals surface area contributed by atoms with Gasteiger partial charge in [0.15, 0.2) is 5.11 Å². The van der Waals surface area contributed by atoms with Crippen LogP contribution in [0.4, 0.5) is 0 Å². The molecule has 1 aliphatic carbocycles. The van der Waals surface area contributed by atoms with Gasteiger partial charge in [0.05, 0.1) is 0 Å². The number of nitrogens with zero attached hydrogens (tertiary/aromatic N) is 2. The van der Waals surface area contributed by atoms with Crippen molar-refractivity contribution in [3.8, 4) is 5.75 Å². The molecule has 1 amide bonds. The Bertz CT molecular complexity index is 1210. The maximum absolute atomic E-state index is 13.2. The molecule has 5 heteroatoms. The van der Waals surface area contributed by atoms with Crippen LogP contribution in [0.25, 0.3) is 16.8 Å². The van der Waals surface area contributed by atoms with E-state index < -0.39 is 0 Å². The van der Waals surface area contributed by atoms with Crippen LogP contribution in [0.3, 0.4) is 0 Å². The largest absolute Gasteiger partial charge is 0.489 e. The van der Waals surface area contributed by atoms with Gasteiger partial charge in [-0.1, -0.05) is 73.9 Å². The first-order chi connectivity index (χ1) is 16.1. The lowest BCUT2D eigenvalue weighted by Gasteiger charge is -2.30. The summed E-state index contributed by atoms with van der Waals surface area (Å²) in [6.45, 7) is 0.508. The molecule has 2 fully saturated rings. The van der Waals surface area contributed by atoms with Gasteiger partial charge in [-0.15, -0.1) is 0 Å². The Morgan fingerprint density at radius 3 is 2.48 bits per heavy atom. The lowest BCUT2D eigenvalue weighted by atomic mass is 9.94. The lowest BCUT2D eigenvalue weighted by molar-refractivity contribution is -0.124. The highest BCUT2D eigenvalue weighted by Crippen LogP contribution is 2.31. The van der Waals surface area contributed by atoms with Crippen LogP contribution in [0.5, 0.6) is 5.75 Å². The normalized spacial score (nSPS) is 18.5. The van der Waals surface area contributed by atoms with Gasteiger partial charge in [0.1, 0.15) is 18.1 Å². The van der Waals surface area contributed by atoms with Gasteiger partial charge in [-0.05, 0) is 65.2 Å². The molecule has 0 aromatic heterocycles. The number of thiocarbonyl (C=S) groups is 1. The molecule has 0 atom stereocenters. The molecule has 5 rings (SSSR count). The van der Waals surface area contributed by atoms with Crippen molar-refractivity contribution in [3.63, 3.8) is 0 Å². The van der Waals surface area contributed by atoms with Crippen molar-refractivity contribution in [1.29, 1.82) is 0 Å². The van der Waals surface area contributed by atoms with E-state index in [2.05, 4.69) is 36.4 Å². The fraction of sp³-hybridized carbons (Fsp3) is 0.286. The summed E-state index contributed by atoms with van der Waals surface area (Å²) in [6, 6.07) is 22.7. The summed E-state index contributed by atoms with van der Waals surface area (Å²) in [7, 11) is 1.89. The van der Waals surface area contributed by atoms with Crippen LogP contribution in [0.2, 0.25) is 0 Å². The quantitative estimate of drug-likeness (QED) is 0.340. The maximum atomic E-state index is 13.2. The molecule has 4 nitrogen and oxygen atoms in total. The fourth-order valence-corrected chi connectivity index (χ4v) is 5.17. The molecule has 0 unspecified atom stereocenters. The molecule has 33 heavy (non-hydrogen) atoms. The Balaban J connectivity index is 1.29. The summed E-state index contributed by atoms with van der Waals surface area (Å²) >= 11 is 5.62. The van der Waals surface area contributed by atoms with Crippen LogP contribution in [0, 0.1) is 0 Å². The average Bonchev–Trinajstić information content (AvgIpc) is 3.07. The molecule has 168 valence electrons. The van der Waals surface area contributed by atoms with Gasteiger partial charge in [0.2, 0.25) is 0 Å². The van der Waals surface area contributed by atoms with Crippen molar-refractivity contribution in [2.45, 2.75) is 44.8 Å². The van der Waals surface area contributed by atoms with Gasteiger partial charge >= 0.3 is 0 Å². The van der Waals surface area contributed by atoms with Crippen molar-refractivity contribution < 1.29 is 9.53 Å². The average molecular weight is 457 g/mol. The van der Waals surface area contributed by atoms with Crippen LogP contribution in [0.15, 0.2) is 72.4 Å². The zero-order valence-corrected chi connectivity index (χ0v) is 19.7. The second kappa shape index (κ2) is 9.36. The van der Waals surface area contributed by atoms with E-state index in [9.17, 15) is 4.79 Å². The number of carbonyl (C=O) groups excluding carboxylic acids is 1. The van der Waals surface area contributed by atoms with E-state index in [1.54, 1.807) is 0 Å². The number of rotatable bonds is 5. The third-order valence-corrected chi connectivity index (χ3v) is 7.16. The van der Waals surface area contributed by atoms with Gasteiger partial charge < -0.3 is 9.64 Å². The minimum Gasteiger partial charge on any atom is -0.489 e. The van der Waals surface area contributed by atoms with Crippen LogP contribution in [0.1, 0.15) is 43.2 Å². The predicted octanol–water partition coefficient (Wildman–Crippen LogP) is 6.15. The van der Waals surface area contributed by atoms with E-state index in [0.29, 0.717) is 17.4 Å². The fourth-order valence-electron chi connectivity index (χ4n) is 4.84. The first-order valence-electron chi connectivity index (χ1n) is 11.6.